The molecule has 1 heterocycles. The molecule has 1 aromatic carbocycles. The monoisotopic (exact) mass is 275 g/mol. The number of hydrogen-bond acceptors (Lipinski definition) is 1. The molecular formula is C20H21N. The van der Waals surface area contributed by atoms with Crippen LogP contribution in [0, 0.1) is 5.92 Å². The van der Waals surface area contributed by atoms with Gasteiger partial charge in [-0.2, -0.15) is 0 Å². The van der Waals surface area contributed by atoms with Crippen molar-refractivity contribution in [1.29, 1.82) is 0 Å². The normalized spacial score (nSPS) is 20.2. The van der Waals surface area contributed by atoms with Gasteiger partial charge in [0.05, 0.1) is 0 Å². The van der Waals surface area contributed by atoms with E-state index < -0.39 is 0 Å². The van der Waals surface area contributed by atoms with Crippen LogP contribution >= 0.6 is 0 Å². The summed E-state index contributed by atoms with van der Waals surface area (Å²) in [5.74, 6) is 0.899. The summed E-state index contributed by atoms with van der Waals surface area (Å²) in [7, 11) is 0. The van der Waals surface area contributed by atoms with Crippen molar-refractivity contribution in [3.8, 4) is 0 Å². The largest absolute Gasteiger partial charge is 0.380 e. The van der Waals surface area contributed by atoms with Crippen LogP contribution < -0.4 is 5.32 Å². The predicted molar refractivity (Wildman–Crippen MR) is 88.3 cm³/mol. The van der Waals surface area contributed by atoms with Gasteiger partial charge in [0.25, 0.3) is 0 Å². The van der Waals surface area contributed by atoms with E-state index in [0.717, 1.165) is 12.5 Å². The van der Waals surface area contributed by atoms with Crippen molar-refractivity contribution in [2.24, 2.45) is 5.92 Å². The number of benzene rings is 1. The third kappa shape index (κ3) is 2.51. The van der Waals surface area contributed by atoms with E-state index in [1.54, 1.807) is 0 Å². The van der Waals surface area contributed by atoms with E-state index in [4.69, 9.17) is 0 Å². The van der Waals surface area contributed by atoms with Gasteiger partial charge in [0.1, 0.15) is 0 Å². The van der Waals surface area contributed by atoms with Gasteiger partial charge < -0.3 is 5.32 Å². The van der Waals surface area contributed by atoms with E-state index in [2.05, 4.69) is 41.1 Å². The highest BCUT2D eigenvalue weighted by Gasteiger charge is 2.18. The lowest BCUT2D eigenvalue weighted by molar-refractivity contribution is 0.357. The van der Waals surface area contributed by atoms with E-state index in [1.165, 1.54) is 66.5 Å². The summed E-state index contributed by atoms with van der Waals surface area (Å²) >= 11 is 0. The van der Waals surface area contributed by atoms with Crippen molar-refractivity contribution >= 4 is 11.3 Å². The van der Waals surface area contributed by atoms with Gasteiger partial charge in [0.2, 0.25) is 0 Å². The molecule has 0 atom stereocenters. The molecule has 1 N–H and O–H groups in total. The SMILES string of the molecule is C1=C=CC2=C(C=1)CNc1cc(CC3CCCCC3)ccc12. The van der Waals surface area contributed by atoms with Crippen LogP contribution in [0.25, 0.3) is 5.57 Å². The van der Waals surface area contributed by atoms with Crippen molar-refractivity contribution in [2.45, 2.75) is 38.5 Å². The molecular weight excluding hydrogens is 254 g/mol. The highest BCUT2D eigenvalue weighted by atomic mass is 14.9. The fourth-order valence-corrected chi connectivity index (χ4v) is 3.82. The maximum absolute atomic E-state index is 3.56. The Morgan fingerprint density at radius 3 is 2.81 bits per heavy atom. The van der Waals surface area contributed by atoms with Gasteiger partial charge in [-0.3, -0.25) is 0 Å². The van der Waals surface area contributed by atoms with Crippen molar-refractivity contribution in [3.63, 3.8) is 0 Å². The first-order valence-corrected chi connectivity index (χ1v) is 8.18. The number of hydrogen-bond donors (Lipinski definition) is 1. The Bertz CT molecular complexity index is 689. The quantitative estimate of drug-likeness (QED) is 0.759. The Morgan fingerprint density at radius 1 is 1.05 bits per heavy atom. The molecule has 2 aliphatic carbocycles. The molecule has 0 aromatic heterocycles. The van der Waals surface area contributed by atoms with Crippen LogP contribution in [0.2, 0.25) is 0 Å². The van der Waals surface area contributed by atoms with E-state index >= 15 is 0 Å². The van der Waals surface area contributed by atoms with Gasteiger partial charge in [0, 0.05) is 17.8 Å². The molecule has 21 heavy (non-hydrogen) atoms. The minimum atomic E-state index is 0.899. The summed E-state index contributed by atoms with van der Waals surface area (Å²) < 4.78 is 0. The third-order valence-electron chi connectivity index (χ3n) is 4.98. The summed E-state index contributed by atoms with van der Waals surface area (Å²) in [6.07, 6.45) is 12.5. The second-order valence-corrected chi connectivity index (χ2v) is 6.46. The van der Waals surface area contributed by atoms with Crippen LogP contribution in [0.15, 0.2) is 47.4 Å². The fourth-order valence-electron chi connectivity index (χ4n) is 3.82. The maximum Gasteiger partial charge on any atom is 0.0425 e. The van der Waals surface area contributed by atoms with Crippen LogP contribution in [-0.4, -0.2) is 6.54 Å². The molecule has 1 aromatic rings. The van der Waals surface area contributed by atoms with Crippen LogP contribution in [0.1, 0.15) is 43.2 Å². The van der Waals surface area contributed by atoms with Crippen LogP contribution in [0.4, 0.5) is 5.69 Å². The van der Waals surface area contributed by atoms with Gasteiger partial charge in [-0.15, -0.1) is 0 Å². The second-order valence-electron chi connectivity index (χ2n) is 6.46. The number of rotatable bonds is 2. The summed E-state index contributed by atoms with van der Waals surface area (Å²) in [5.41, 5.74) is 12.9. The Hall–Kier alpha value is -1.94. The Morgan fingerprint density at radius 2 is 1.90 bits per heavy atom. The standard InChI is InChI=1S/C20H21N/c1-2-6-15(7-3-1)12-16-10-11-19-18-9-5-4-8-17(18)14-21-20(19)13-16/h8-11,13,15,21H,1-3,6-7,12,14H2. The lowest BCUT2D eigenvalue weighted by Gasteiger charge is -2.25. The van der Waals surface area contributed by atoms with E-state index in [9.17, 15) is 0 Å². The molecule has 0 saturated heterocycles. The maximum atomic E-state index is 3.56. The molecule has 0 amide bonds. The Labute approximate surface area is 126 Å². The smallest absolute Gasteiger partial charge is 0.0425 e. The topological polar surface area (TPSA) is 12.0 Å². The molecule has 1 heteroatoms. The minimum Gasteiger partial charge on any atom is -0.380 e. The van der Waals surface area contributed by atoms with Crippen LogP contribution in [0.3, 0.4) is 0 Å². The van der Waals surface area contributed by atoms with E-state index in [-0.39, 0.29) is 0 Å². The molecule has 4 rings (SSSR count). The minimum absolute atomic E-state index is 0.899. The average Bonchev–Trinajstić information content (AvgIpc) is 2.55. The summed E-state index contributed by atoms with van der Waals surface area (Å²) in [5, 5.41) is 3.56. The van der Waals surface area contributed by atoms with Crippen molar-refractivity contribution in [1.82, 2.24) is 0 Å². The van der Waals surface area contributed by atoms with Crippen LogP contribution in [0.5, 0.6) is 0 Å². The van der Waals surface area contributed by atoms with Gasteiger partial charge in [0.15, 0.2) is 0 Å². The van der Waals surface area contributed by atoms with Gasteiger partial charge in [-0.25, -0.2) is 0 Å². The molecule has 106 valence electrons. The number of allylic oxidation sites excluding steroid dienone is 2. The van der Waals surface area contributed by atoms with E-state index in [1.807, 2.05) is 6.08 Å². The van der Waals surface area contributed by atoms with Crippen molar-refractivity contribution in [3.05, 3.63) is 58.5 Å². The van der Waals surface area contributed by atoms with Gasteiger partial charge in [-0.05, 0) is 47.3 Å². The summed E-state index contributed by atoms with van der Waals surface area (Å²) in [6, 6.07) is 6.97. The first-order chi connectivity index (χ1) is 10.4. The fraction of sp³-hybridized carbons (Fsp3) is 0.400. The highest BCUT2D eigenvalue weighted by Crippen LogP contribution is 2.35. The summed E-state index contributed by atoms with van der Waals surface area (Å²) in [4.78, 5) is 0. The van der Waals surface area contributed by atoms with Crippen molar-refractivity contribution in [2.75, 3.05) is 11.9 Å². The van der Waals surface area contributed by atoms with Gasteiger partial charge in [-0.1, -0.05) is 55.7 Å². The molecule has 0 spiro atoms. The lowest BCUT2D eigenvalue weighted by atomic mass is 9.84. The molecule has 1 fully saturated rings. The zero-order chi connectivity index (χ0) is 14.1. The predicted octanol–water partition coefficient (Wildman–Crippen LogP) is 4.87. The first kappa shape index (κ1) is 12.8. The first-order valence-electron chi connectivity index (χ1n) is 8.18. The second kappa shape index (κ2) is 5.45. The molecule has 0 unspecified atom stereocenters. The number of anilines is 1. The zero-order valence-corrected chi connectivity index (χ0v) is 12.4. The van der Waals surface area contributed by atoms with E-state index in [0.29, 0.717) is 0 Å². The Balaban J connectivity index is 1.59. The lowest BCUT2D eigenvalue weighted by Crippen LogP contribution is -2.14. The zero-order valence-electron chi connectivity index (χ0n) is 12.4. The number of nitrogens with one attached hydrogen (secondary N) is 1. The molecule has 0 bridgehead atoms. The van der Waals surface area contributed by atoms with Crippen molar-refractivity contribution < 1.29 is 0 Å². The van der Waals surface area contributed by atoms with Gasteiger partial charge >= 0.3 is 0 Å². The molecule has 1 aliphatic heterocycles. The highest BCUT2D eigenvalue weighted by molar-refractivity contribution is 5.88. The number of fused-ring (bicyclic) bond motifs is 2. The Kier molecular flexibility index (Phi) is 3.31. The average molecular weight is 275 g/mol. The molecule has 3 aliphatic rings. The molecule has 0 radical (unpaired) electrons. The van der Waals surface area contributed by atoms with Crippen LogP contribution in [-0.2, 0) is 6.42 Å². The third-order valence-corrected chi connectivity index (χ3v) is 4.98. The molecule has 1 nitrogen and oxygen atoms in total. The molecule has 1 saturated carbocycles. The summed E-state index contributed by atoms with van der Waals surface area (Å²) in [6.45, 7) is 0.903.